The van der Waals surface area contributed by atoms with Crippen molar-refractivity contribution in [2.75, 3.05) is 25.1 Å². The molecule has 0 saturated carbocycles. The molecule has 100 valence electrons. The molecule has 0 heterocycles. The lowest BCUT2D eigenvalue weighted by molar-refractivity contribution is -0.384. The average Bonchev–Trinajstić information content (AvgIpc) is 2.38. The largest absolute Gasteiger partial charge is 0.396 e. The van der Waals surface area contributed by atoms with Gasteiger partial charge in [0, 0.05) is 38.0 Å². The summed E-state index contributed by atoms with van der Waals surface area (Å²) >= 11 is 0. The van der Waals surface area contributed by atoms with Crippen molar-refractivity contribution in [3.8, 4) is 0 Å². The van der Waals surface area contributed by atoms with Crippen LogP contribution < -0.4 is 4.90 Å². The molecule has 0 atom stereocenters. The Morgan fingerprint density at radius 1 is 1.17 bits per heavy atom. The molecule has 0 aliphatic heterocycles. The Bertz CT molecular complexity index is 365. The molecule has 1 aromatic carbocycles. The maximum Gasteiger partial charge on any atom is 0.269 e. The third kappa shape index (κ3) is 4.71. The highest BCUT2D eigenvalue weighted by Crippen LogP contribution is 2.18. The lowest BCUT2D eigenvalue weighted by Crippen LogP contribution is -2.18. The number of hydrogen-bond donors (Lipinski definition) is 1. The fraction of sp³-hybridized carbons (Fsp3) is 0.538. The van der Waals surface area contributed by atoms with Crippen LogP contribution in [0.4, 0.5) is 11.4 Å². The van der Waals surface area contributed by atoms with Gasteiger partial charge in [0.2, 0.25) is 0 Å². The minimum Gasteiger partial charge on any atom is -0.396 e. The van der Waals surface area contributed by atoms with Crippen molar-refractivity contribution in [2.45, 2.75) is 25.7 Å². The Balaban J connectivity index is 2.37. The minimum atomic E-state index is -0.390. The van der Waals surface area contributed by atoms with Gasteiger partial charge in [-0.2, -0.15) is 0 Å². The van der Waals surface area contributed by atoms with Gasteiger partial charge in [-0.25, -0.2) is 0 Å². The highest BCUT2D eigenvalue weighted by molar-refractivity contribution is 5.50. The number of unbranched alkanes of at least 4 members (excludes halogenated alkanes) is 3. The van der Waals surface area contributed by atoms with Gasteiger partial charge in [-0.3, -0.25) is 10.1 Å². The Kier molecular flexibility index (Phi) is 6.14. The molecule has 0 bridgehead atoms. The normalized spacial score (nSPS) is 10.3. The number of non-ortho nitro benzene ring substituents is 1. The molecule has 0 amide bonds. The highest BCUT2D eigenvalue weighted by atomic mass is 16.6. The van der Waals surface area contributed by atoms with Crippen molar-refractivity contribution < 1.29 is 10.0 Å². The summed E-state index contributed by atoms with van der Waals surface area (Å²) in [5, 5.41) is 19.2. The van der Waals surface area contributed by atoms with Crippen LogP contribution in [-0.4, -0.2) is 30.2 Å². The summed E-state index contributed by atoms with van der Waals surface area (Å²) in [6.07, 6.45) is 4.07. The van der Waals surface area contributed by atoms with Gasteiger partial charge in [-0.15, -0.1) is 0 Å². The van der Waals surface area contributed by atoms with Crippen LogP contribution >= 0.6 is 0 Å². The molecule has 0 aliphatic carbocycles. The predicted octanol–water partition coefficient (Wildman–Crippen LogP) is 2.58. The van der Waals surface area contributed by atoms with E-state index in [0.717, 1.165) is 37.9 Å². The summed E-state index contributed by atoms with van der Waals surface area (Å²) in [7, 11) is 1.98. The number of anilines is 1. The van der Waals surface area contributed by atoms with E-state index in [1.165, 1.54) is 12.1 Å². The molecule has 0 aliphatic rings. The fourth-order valence-corrected chi connectivity index (χ4v) is 1.77. The molecular weight excluding hydrogens is 232 g/mol. The summed E-state index contributed by atoms with van der Waals surface area (Å²) in [6.45, 7) is 1.18. The molecule has 0 saturated heterocycles. The van der Waals surface area contributed by atoms with E-state index >= 15 is 0 Å². The summed E-state index contributed by atoms with van der Waals surface area (Å²) in [5.74, 6) is 0. The molecule has 5 nitrogen and oxygen atoms in total. The van der Waals surface area contributed by atoms with E-state index in [2.05, 4.69) is 4.90 Å². The van der Waals surface area contributed by atoms with Crippen molar-refractivity contribution in [3.05, 3.63) is 34.4 Å². The third-order valence-electron chi connectivity index (χ3n) is 2.90. The number of aliphatic hydroxyl groups excluding tert-OH is 1. The lowest BCUT2D eigenvalue weighted by atomic mass is 10.2. The van der Waals surface area contributed by atoms with Gasteiger partial charge in [0.15, 0.2) is 0 Å². The van der Waals surface area contributed by atoms with Gasteiger partial charge >= 0.3 is 0 Å². The summed E-state index contributed by atoms with van der Waals surface area (Å²) in [4.78, 5) is 12.2. The molecule has 0 radical (unpaired) electrons. The van der Waals surface area contributed by atoms with Crippen LogP contribution in [0.1, 0.15) is 25.7 Å². The van der Waals surface area contributed by atoms with Gasteiger partial charge in [-0.1, -0.05) is 12.8 Å². The maximum absolute atomic E-state index is 10.5. The predicted molar refractivity (Wildman–Crippen MR) is 71.9 cm³/mol. The van der Waals surface area contributed by atoms with Crippen molar-refractivity contribution in [2.24, 2.45) is 0 Å². The number of nitro groups is 1. The lowest BCUT2D eigenvalue weighted by Gasteiger charge is -2.18. The molecule has 0 fully saturated rings. The Morgan fingerprint density at radius 2 is 1.78 bits per heavy atom. The first-order valence-electron chi connectivity index (χ1n) is 6.21. The summed E-state index contributed by atoms with van der Waals surface area (Å²) < 4.78 is 0. The van der Waals surface area contributed by atoms with Gasteiger partial charge in [0.25, 0.3) is 5.69 Å². The Morgan fingerprint density at radius 3 is 2.33 bits per heavy atom. The zero-order valence-corrected chi connectivity index (χ0v) is 10.7. The fourth-order valence-electron chi connectivity index (χ4n) is 1.77. The van der Waals surface area contributed by atoms with Crippen molar-refractivity contribution in [1.29, 1.82) is 0 Å². The van der Waals surface area contributed by atoms with Crippen LogP contribution in [0.2, 0.25) is 0 Å². The van der Waals surface area contributed by atoms with Crippen LogP contribution in [0.15, 0.2) is 24.3 Å². The molecule has 1 aromatic rings. The van der Waals surface area contributed by atoms with Crippen molar-refractivity contribution >= 4 is 11.4 Å². The average molecular weight is 252 g/mol. The SMILES string of the molecule is CN(CCCCCCO)c1ccc([N+](=O)[O-])cc1. The van der Waals surface area contributed by atoms with E-state index in [1.54, 1.807) is 12.1 Å². The Labute approximate surface area is 107 Å². The second kappa shape index (κ2) is 7.66. The van der Waals surface area contributed by atoms with Crippen LogP contribution in [0, 0.1) is 10.1 Å². The summed E-state index contributed by atoms with van der Waals surface area (Å²) in [6, 6.07) is 6.59. The van der Waals surface area contributed by atoms with E-state index in [0.29, 0.717) is 0 Å². The molecule has 18 heavy (non-hydrogen) atoms. The van der Waals surface area contributed by atoms with Crippen LogP contribution in [0.25, 0.3) is 0 Å². The van der Waals surface area contributed by atoms with E-state index < -0.39 is 4.92 Å². The number of hydrogen-bond acceptors (Lipinski definition) is 4. The first-order valence-corrected chi connectivity index (χ1v) is 6.21. The maximum atomic E-state index is 10.5. The number of aliphatic hydroxyl groups is 1. The number of rotatable bonds is 8. The topological polar surface area (TPSA) is 66.6 Å². The Hall–Kier alpha value is -1.62. The third-order valence-corrected chi connectivity index (χ3v) is 2.90. The quantitative estimate of drug-likeness (QED) is 0.438. The molecule has 0 aromatic heterocycles. The van der Waals surface area contributed by atoms with E-state index in [4.69, 9.17) is 5.11 Å². The van der Waals surface area contributed by atoms with Crippen LogP contribution in [-0.2, 0) is 0 Å². The first-order chi connectivity index (χ1) is 8.65. The van der Waals surface area contributed by atoms with Crippen LogP contribution in [0.3, 0.4) is 0 Å². The van der Waals surface area contributed by atoms with Crippen LogP contribution in [0.5, 0.6) is 0 Å². The molecule has 0 unspecified atom stereocenters. The monoisotopic (exact) mass is 252 g/mol. The highest BCUT2D eigenvalue weighted by Gasteiger charge is 2.06. The van der Waals surface area contributed by atoms with Gasteiger partial charge in [0.05, 0.1) is 4.92 Å². The number of nitro benzene ring substituents is 1. The van der Waals surface area contributed by atoms with Gasteiger partial charge in [-0.05, 0) is 25.0 Å². The second-order valence-corrected chi connectivity index (χ2v) is 4.33. The molecule has 1 N–H and O–H groups in total. The molecule has 1 rings (SSSR count). The second-order valence-electron chi connectivity index (χ2n) is 4.33. The zero-order valence-electron chi connectivity index (χ0n) is 10.7. The summed E-state index contributed by atoms with van der Waals surface area (Å²) in [5.41, 5.74) is 1.11. The van der Waals surface area contributed by atoms with Crippen molar-refractivity contribution in [1.82, 2.24) is 0 Å². The molecule has 5 heteroatoms. The van der Waals surface area contributed by atoms with Gasteiger partial charge in [0.1, 0.15) is 0 Å². The zero-order chi connectivity index (χ0) is 13.4. The van der Waals surface area contributed by atoms with E-state index in [9.17, 15) is 10.1 Å². The minimum absolute atomic E-state index is 0.120. The van der Waals surface area contributed by atoms with Gasteiger partial charge < -0.3 is 10.0 Å². The molecular formula is C13H20N2O3. The van der Waals surface area contributed by atoms with E-state index in [-0.39, 0.29) is 12.3 Å². The van der Waals surface area contributed by atoms with Crippen molar-refractivity contribution in [3.63, 3.8) is 0 Å². The molecule has 0 spiro atoms. The first kappa shape index (κ1) is 14.4. The standard InChI is InChI=1S/C13H20N2O3/c1-14(10-4-2-3-5-11-16)12-6-8-13(9-7-12)15(17)18/h6-9,16H,2-5,10-11H2,1H3. The van der Waals surface area contributed by atoms with E-state index in [1.807, 2.05) is 7.05 Å². The number of benzene rings is 1. The smallest absolute Gasteiger partial charge is 0.269 e. The number of nitrogens with zero attached hydrogens (tertiary/aromatic N) is 2.